The molecule has 0 saturated carbocycles. The number of hydrogen-bond donors (Lipinski definition) is 2. The fourth-order valence-electron chi connectivity index (χ4n) is 2.69. The molecule has 0 bridgehead atoms. The van der Waals surface area contributed by atoms with Crippen LogP contribution in [0.4, 0.5) is 0 Å². The summed E-state index contributed by atoms with van der Waals surface area (Å²) in [5.74, 6) is 1.28. The Morgan fingerprint density at radius 3 is 2.20 bits per heavy atom. The number of nitrogens with two attached hydrogens (primary N) is 1. The molecule has 0 radical (unpaired) electrons. The Balaban J connectivity index is 3.12. The summed E-state index contributed by atoms with van der Waals surface area (Å²) < 4.78 is 33.3. The van der Waals surface area contributed by atoms with Gasteiger partial charge < -0.3 is 10.2 Å². The average molecular weight is 302 g/mol. The smallest absolute Gasteiger partial charge is 0.244 e. The highest BCUT2D eigenvalue weighted by molar-refractivity contribution is 7.89. The number of aryl methyl sites for hydroxylation is 2. The van der Waals surface area contributed by atoms with E-state index in [0.717, 1.165) is 12.8 Å². The highest BCUT2D eigenvalue weighted by Crippen LogP contribution is 2.27. The molecular formula is C14H26N2O3S. The summed E-state index contributed by atoms with van der Waals surface area (Å²) in [4.78, 5) is 0.204. The monoisotopic (exact) mass is 302 g/mol. The zero-order valence-corrected chi connectivity index (χ0v) is 13.8. The van der Waals surface area contributed by atoms with Crippen molar-refractivity contribution in [2.24, 2.45) is 11.7 Å². The number of furan rings is 1. The molecule has 0 aliphatic rings. The number of nitrogens with one attached hydrogen (secondary N) is 1. The Morgan fingerprint density at radius 2 is 1.75 bits per heavy atom. The average Bonchev–Trinajstić information content (AvgIpc) is 2.64. The fraction of sp³-hybridized carbons (Fsp3) is 0.714. The largest absolute Gasteiger partial charge is 0.465 e. The molecule has 1 rings (SSSR count). The second kappa shape index (κ2) is 6.74. The summed E-state index contributed by atoms with van der Waals surface area (Å²) in [7, 11) is -3.60. The Labute approximate surface area is 122 Å². The Kier molecular flexibility index (Phi) is 5.79. The zero-order valence-electron chi connectivity index (χ0n) is 13.0. The lowest BCUT2D eigenvalue weighted by molar-refractivity contribution is 0.390. The van der Waals surface area contributed by atoms with Crippen molar-refractivity contribution in [3.05, 3.63) is 17.1 Å². The van der Waals surface area contributed by atoms with Crippen LogP contribution in [-0.2, 0) is 16.6 Å². The van der Waals surface area contributed by atoms with Gasteiger partial charge in [0.25, 0.3) is 0 Å². The molecule has 1 heterocycles. The highest BCUT2D eigenvalue weighted by atomic mass is 32.2. The molecule has 0 spiro atoms. The summed E-state index contributed by atoms with van der Waals surface area (Å²) in [6.45, 7) is 9.58. The van der Waals surface area contributed by atoms with Gasteiger partial charge in [-0.05, 0) is 26.7 Å². The van der Waals surface area contributed by atoms with Crippen LogP contribution < -0.4 is 10.5 Å². The minimum Gasteiger partial charge on any atom is -0.465 e. The van der Waals surface area contributed by atoms with Crippen molar-refractivity contribution in [3.8, 4) is 0 Å². The quantitative estimate of drug-likeness (QED) is 0.810. The van der Waals surface area contributed by atoms with Crippen molar-refractivity contribution >= 4 is 10.0 Å². The third-order valence-corrected chi connectivity index (χ3v) is 5.65. The van der Waals surface area contributed by atoms with E-state index in [2.05, 4.69) is 18.6 Å². The van der Waals surface area contributed by atoms with Gasteiger partial charge in [0, 0.05) is 18.2 Å². The van der Waals surface area contributed by atoms with Crippen molar-refractivity contribution in [2.45, 2.75) is 64.9 Å². The summed E-state index contributed by atoms with van der Waals surface area (Å²) in [5.41, 5.74) is 6.21. The molecule has 0 aliphatic heterocycles. The van der Waals surface area contributed by atoms with Crippen LogP contribution in [0.1, 0.15) is 50.7 Å². The molecule has 0 aliphatic carbocycles. The molecule has 3 N–H and O–H groups in total. The molecule has 0 fully saturated rings. The zero-order chi connectivity index (χ0) is 15.5. The van der Waals surface area contributed by atoms with Gasteiger partial charge in [-0.25, -0.2) is 13.1 Å². The first-order valence-corrected chi connectivity index (χ1v) is 8.57. The topological polar surface area (TPSA) is 85.3 Å². The van der Waals surface area contributed by atoms with Crippen LogP contribution in [0, 0.1) is 19.8 Å². The molecule has 1 atom stereocenters. The van der Waals surface area contributed by atoms with Crippen LogP contribution in [0.15, 0.2) is 9.31 Å². The van der Waals surface area contributed by atoms with Crippen LogP contribution in [0.3, 0.4) is 0 Å². The molecular weight excluding hydrogens is 276 g/mol. The van der Waals surface area contributed by atoms with E-state index in [4.69, 9.17) is 10.2 Å². The van der Waals surface area contributed by atoms with Gasteiger partial charge in [-0.1, -0.05) is 26.7 Å². The third-order valence-electron chi connectivity index (χ3n) is 3.89. The molecule has 0 saturated heterocycles. The van der Waals surface area contributed by atoms with Crippen molar-refractivity contribution in [1.29, 1.82) is 0 Å². The molecule has 1 aromatic rings. The van der Waals surface area contributed by atoms with Crippen LogP contribution in [0.2, 0.25) is 0 Å². The Hall–Kier alpha value is -0.850. The van der Waals surface area contributed by atoms with Crippen LogP contribution in [0.25, 0.3) is 0 Å². The molecule has 1 aromatic heterocycles. The molecule has 0 aromatic carbocycles. The van der Waals surface area contributed by atoms with E-state index in [9.17, 15) is 8.42 Å². The lowest BCUT2D eigenvalue weighted by atomic mass is 9.96. The first kappa shape index (κ1) is 17.2. The summed E-state index contributed by atoms with van der Waals surface area (Å²) in [6.07, 6.45) is 1.88. The fourth-order valence-corrected chi connectivity index (χ4v) is 4.46. The molecule has 20 heavy (non-hydrogen) atoms. The van der Waals surface area contributed by atoms with Crippen LogP contribution >= 0.6 is 0 Å². The molecule has 0 amide bonds. The van der Waals surface area contributed by atoms with Gasteiger partial charge in [-0.15, -0.1) is 0 Å². The van der Waals surface area contributed by atoms with E-state index >= 15 is 0 Å². The predicted molar refractivity (Wildman–Crippen MR) is 79.9 cm³/mol. The second-order valence-corrected chi connectivity index (χ2v) is 6.86. The second-order valence-electron chi connectivity index (χ2n) is 5.21. The van der Waals surface area contributed by atoms with Gasteiger partial charge in [0.15, 0.2) is 0 Å². The van der Waals surface area contributed by atoms with Gasteiger partial charge in [0.1, 0.15) is 16.4 Å². The van der Waals surface area contributed by atoms with Crippen LogP contribution in [0.5, 0.6) is 0 Å². The molecule has 1 unspecified atom stereocenters. The Bertz CT molecular complexity index is 545. The standard InChI is InChI=1S/C14H26N2O3S/c1-6-12(7-2)9(3)16-20(17,18)14-11(5)19-10(4)13(14)8-15/h9,12,16H,6-8,15H2,1-5H3. The lowest BCUT2D eigenvalue weighted by Crippen LogP contribution is -2.38. The SMILES string of the molecule is CCC(CC)C(C)NS(=O)(=O)c1c(C)oc(C)c1CN. The van der Waals surface area contributed by atoms with E-state index in [0.29, 0.717) is 23.0 Å². The number of sulfonamides is 1. The maximum atomic E-state index is 12.6. The Morgan fingerprint density at radius 1 is 1.20 bits per heavy atom. The van der Waals surface area contributed by atoms with Crippen LogP contribution in [-0.4, -0.2) is 14.5 Å². The molecule has 5 nitrogen and oxygen atoms in total. The van der Waals surface area contributed by atoms with E-state index in [1.807, 2.05) is 6.92 Å². The minimum atomic E-state index is -3.60. The maximum absolute atomic E-state index is 12.6. The number of hydrogen-bond acceptors (Lipinski definition) is 4. The number of rotatable bonds is 7. The lowest BCUT2D eigenvalue weighted by Gasteiger charge is -2.22. The van der Waals surface area contributed by atoms with Gasteiger partial charge in [-0.3, -0.25) is 0 Å². The van der Waals surface area contributed by atoms with E-state index in [1.54, 1.807) is 13.8 Å². The van der Waals surface area contributed by atoms with Crippen molar-refractivity contribution in [2.75, 3.05) is 0 Å². The van der Waals surface area contributed by atoms with Gasteiger partial charge in [-0.2, -0.15) is 0 Å². The maximum Gasteiger partial charge on any atom is 0.244 e. The van der Waals surface area contributed by atoms with E-state index in [1.165, 1.54) is 0 Å². The third kappa shape index (κ3) is 3.42. The molecule has 116 valence electrons. The van der Waals surface area contributed by atoms with E-state index in [-0.39, 0.29) is 17.5 Å². The first-order chi connectivity index (χ1) is 9.28. The van der Waals surface area contributed by atoms with Gasteiger partial charge in [0.2, 0.25) is 10.0 Å². The van der Waals surface area contributed by atoms with Crippen molar-refractivity contribution in [1.82, 2.24) is 4.72 Å². The summed E-state index contributed by atoms with van der Waals surface area (Å²) >= 11 is 0. The summed E-state index contributed by atoms with van der Waals surface area (Å²) in [6, 6.07) is -0.116. The van der Waals surface area contributed by atoms with Crippen molar-refractivity contribution < 1.29 is 12.8 Å². The molecule has 6 heteroatoms. The normalized spacial score (nSPS) is 13.9. The predicted octanol–water partition coefficient (Wildman–Crippen LogP) is 2.46. The minimum absolute atomic E-state index is 0.116. The van der Waals surface area contributed by atoms with E-state index < -0.39 is 10.0 Å². The van der Waals surface area contributed by atoms with Gasteiger partial charge >= 0.3 is 0 Å². The first-order valence-electron chi connectivity index (χ1n) is 7.09. The highest BCUT2D eigenvalue weighted by Gasteiger charge is 2.29. The summed E-state index contributed by atoms with van der Waals surface area (Å²) in [5, 5.41) is 0. The van der Waals surface area contributed by atoms with Crippen molar-refractivity contribution in [3.63, 3.8) is 0 Å². The van der Waals surface area contributed by atoms with Gasteiger partial charge in [0.05, 0.1) is 0 Å².